The molecule has 1 aromatic carbocycles. The first-order valence-electron chi connectivity index (χ1n) is 10.0. The number of methoxy groups -OCH3 is 3. The lowest BCUT2D eigenvalue weighted by molar-refractivity contribution is 0.0398. The molecule has 1 saturated heterocycles. The number of morpholine rings is 1. The lowest BCUT2D eigenvalue weighted by Crippen LogP contribution is -2.39. The molecule has 1 aliphatic rings. The fourth-order valence-corrected chi connectivity index (χ4v) is 3.44. The molecule has 4 rings (SSSR count). The summed E-state index contributed by atoms with van der Waals surface area (Å²) in [5, 5.41) is 6.60. The summed E-state index contributed by atoms with van der Waals surface area (Å²) in [6.07, 6.45) is 1.59. The van der Waals surface area contributed by atoms with Crippen molar-refractivity contribution in [2.45, 2.75) is 0 Å². The lowest BCUT2D eigenvalue weighted by Gasteiger charge is -2.26. The quantitative estimate of drug-likeness (QED) is 0.465. The van der Waals surface area contributed by atoms with Gasteiger partial charge in [0.25, 0.3) is 0 Å². The number of aromatic nitrogens is 4. The number of imidazole rings is 1. The van der Waals surface area contributed by atoms with Crippen LogP contribution in [-0.4, -0.2) is 85.6 Å². The molecule has 1 aliphatic heterocycles. The lowest BCUT2D eigenvalue weighted by atomic mass is 10.2. The molecule has 0 bridgehead atoms. The first kappa shape index (κ1) is 20.9. The Morgan fingerprint density at radius 3 is 2.48 bits per heavy atom. The summed E-state index contributed by atoms with van der Waals surface area (Å²) in [7, 11) is 4.73. The molecule has 3 N–H and O–H groups in total. The van der Waals surface area contributed by atoms with Gasteiger partial charge in [-0.1, -0.05) is 0 Å². The van der Waals surface area contributed by atoms with Crippen LogP contribution in [0.2, 0.25) is 0 Å². The van der Waals surface area contributed by atoms with Crippen molar-refractivity contribution in [3.8, 4) is 17.2 Å². The standard InChI is InChI=1S/C20H27N7O4/c1-28-14-10-13(11-15(29-2)17(14)30-3)24-19-16-18(23-12-22-16)25-20(26-19)21-4-5-27-6-8-31-9-7-27/h10-12H,4-9H2,1-3H3,(H3,21,22,23,24,25,26). The van der Waals surface area contributed by atoms with Crippen molar-refractivity contribution in [2.24, 2.45) is 0 Å². The van der Waals surface area contributed by atoms with Gasteiger partial charge in [0.1, 0.15) is 5.52 Å². The number of ether oxygens (including phenoxy) is 4. The molecular weight excluding hydrogens is 402 g/mol. The van der Waals surface area contributed by atoms with Crippen molar-refractivity contribution in [3.05, 3.63) is 18.5 Å². The number of nitrogens with zero attached hydrogens (tertiary/aromatic N) is 4. The Balaban J connectivity index is 1.55. The molecule has 0 atom stereocenters. The molecule has 11 nitrogen and oxygen atoms in total. The van der Waals surface area contributed by atoms with E-state index < -0.39 is 0 Å². The maximum atomic E-state index is 5.44. The summed E-state index contributed by atoms with van der Waals surface area (Å²) in [6.45, 7) is 5.04. The summed E-state index contributed by atoms with van der Waals surface area (Å²) in [5.41, 5.74) is 2.00. The van der Waals surface area contributed by atoms with Crippen molar-refractivity contribution in [1.29, 1.82) is 0 Å². The van der Waals surface area contributed by atoms with Crippen LogP contribution in [0.25, 0.3) is 11.2 Å². The van der Waals surface area contributed by atoms with Gasteiger partial charge in [0, 0.05) is 44.0 Å². The maximum absolute atomic E-state index is 5.44. The number of H-pyrrole nitrogens is 1. The van der Waals surface area contributed by atoms with Gasteiger partial charge in [0.2, 0.25) is 11.7 Å². The molecular formula is C20H27N7O4. The minimum absolute atomic E-state index is 0.503. The molecule has 2 aromatic heterocycles. The van der Waals surface area contributed by atoms with Crippen molar-refractivity contribution in [2.75, 3.05) is 71.4 Å². The second kappa shape index (κ2) is 9.67. The first-order valence-corrected chi connectivity index (χ1v) is 10.0. The average molecular weight is 429 g/mol. The summed E-state index contributed by atoms with van der Waals surface area (Å²) in [4.78, 5) is 18.9. The van der Waals surface area contributed by atoms with Gasteiger partial charge in [0.15, 0.2) is 23.0 Å². The van der Waals surface area contributed by atoms with Crippen LogP contribution < -0.4 is 24.8 Å². The average Bonchev–Trinajstić information content (AvgIpc) is 3.28. The number of anilines is 3. The predicted octanol–water partition coefficient (Wildman–Crippen LogP) is 1.87. The molecule has 166 valence electrons. The van der Waals surface area contributed by atoms with Crippen LogP contribution in [0.5, 0.6) is 17.2 Å². The molecule has 1 fully saturated rings. The van der Waals surface area contributed by atoms with Crippen molar-refractivity contribution in [3.63, 3.8) is 0 Å². The summed E-state index contributed by atoms with van der Waals surface area (Å²) in [6, 6.07) is 3.63. The van der Waals surface area contributed by atoms with Gasteiger partial charge in [-0.2, -0.15) is 9.97 Å². The van der Waals surface area contributed by atoms with E-state index >= 15 is 0 Å². The van der Waals surface area contributed by atoms with Crippen molar-refractivity contribution < 1.29 is 18.9 Å². The zero-order valence-corrected chi connectivity index (χ0v) is 17.9. The van der Waals surface area contributed by atoms with Gasteiger partial charge in [-0.3, -0.25) is 4.90 Å². The summed E-state index contributed by atoms with van der Waals surface area (Å²) < 4.78 is 21.7. The van der Waals surface area contributed by atoms with E-state index in [4.69, 9.17) is 18.9 Å². The highest BCUT2D eigenvalue weighted by Gasteiger charge is 2.16. The Hall–Kier alpha value is -3.31. The second-order valence-electron chi connectivity index (χ2n) is 6.92. The van der Waals surface area contributed by atoms with Crippen molar-refractivity contribution in [1.82, 2.24) is 24.8 Å². The van der Waals surface area contributed by atoms with Gasteiger partial charge in [-0.15, -0.1) is 0 Å². The molecule has 0 radical (unpaired) electrons. The van der Waals surface area contributed by atoms with E-state index in [1.54, 1.807) is 27.7 Å². The molecule has 11 heteroatoms. The number of fused-ring (bicyclic) bond motifs is 1. The van der Waals surface area contributed by atoms with E-state index in [9.17, 15) is 0 Å². The van der Waals surface area contributed by atoms with Crippen LogP contribution in [0.3, 0.4) is 0 Å². The molecule has 3 aromatic rings. The van der Waals surface area contributed by atoms with E-state index in [-0.39, 0.29) is 0 Å². The van der Waals surface area contributed by atoms with Crippen molar-refractivity contribution >= 4 is 28.6 Å². The topological polar surface area (TPSA) is 119 Å². The molecule has 0 saturated carbocycles. The number of rotatable bonds is 9. The molecule has 0 amide bonds. The van der Waals surface area contributed by atoms with Crippen LogP contribution in [0.4, 0.5) is 17.5 Å². The Bertz CT molecular complexity index is 995. The molecule has 31 heavy (non-hydrogen) atoms. The highest BCUT2D eigenvalue weighted by molar-refractivity contribution is 5.86. The highest BCUT2D eigenvalue weighted by atomic mass is 16.5. The molecule has 3 heterocycles. The Labute approximate surface area is 180 Å². The van der Waals surface area contributed by atoms with Crippen LogP contribution in [0, 0.1) is 0 Å². The third-order valence-electron chi connectivity index (χ3n) is 5.03. The molecule has 0 aliphatic carbocycles. The SMILES string of the molecule is COc1cc(Nc2nc(NCCN3CCOCC3)nc3nc[nH]c23)cc(OC)c1OC. The normalized spacial score (nSPS) is 14.4. The number of hydrogen-bond acceptors (Lipinski definition) is 10. The third kappa shape index (κ3) is 4.72. The first-order chi connectivity index (χ1) is 15.2. The van der Waals surface area contributed by atoms with E-state index in [0.717, 1.165) is 45.1 Å². The van der Waals surface area contributed by atoms with Gasteiger partial charge in [0.05, 0.1) is 40.9 Å². The number of nitrogens with one attached hydrogen (secondary N) is 3. The van der Waals surface area contributed by atoms with Gasteiger partial charge in [-0.25, -0.2) is 4.98 Å². The summed E-state index contributed by atoms with van der Waals surface area (Å²) in [5.74, 6) is 2.70. The van der Waals surface area contributed by atoms with E-state index in [0.29, 0.717) is 40.2 Å². The second-order valence-corrected chi connectivity index (χ2v) is 6.92. The Morgan fingerprint density at radius 1 is 1.06 bits per heavy atom. The van der Waals surface area contributed by atoms with Gasteiger partial charge >= 0.3 is 0 Å². The predicted molar refractivity (Wildman–Crippen MR) is 117 cm³/mol. The van der Waals surface area contributed by atoms with Crippen LogP contribution in [-0.2, 0) is 4.74 Å². The number of benzene rings is 1. The monoisotopic (exact) mass is 429 g/mol. The largest absolute Gasteiger partial charge is 0.493 e. The van der Waals surface area contributed by atoms with Crippen LogP contribution in [0.1, 0.15) is 0 Å². The minimum Gasteiger partial charge on any atom is -0.493 e. The zero-order chi connectivity index (χ0) is 21.6. The third-order valence-corrected chi connectivity index (χ3v) is 5.03. The fourth-order valence-electron chi connectivity index (χ4n) is 3.44. The summed E-state index contributed by atoms with van der Waals surface area (Å²) >= 11 is 0. The van der Waals surface area contributed by atoms with E-state index in [2.05, 4.69) is 35.5 Å². The number of aromatic amines is 1. The van der Waals surface area contributed by atoms with E-state index in [1.165, 1.54) is 0 Å². The van der Waals surface area contributed by atoms with Gasteiger partial charge < -0.3 is 34.6 Å². The smallest absolute Gasteiger partial charge is 0.226 e. The molecule has 0 unspecified atom stereocenters. The number of hydrogen-bond donors (Lipinski definition) is 3. The van der Waals surface area contributed by atoms with E-state index in [1.807, 2.05) is 12.1 Å². The van der Waals surface area contributed by atoms with Gasteiger partial charge in [-0.05, 0) is 0 Å². The zero-order valence-electron chi connectivity index (χ0n) is 17.9. The molecule has 0 spiro atoms. The Kier molecular flexibility index (Phi) is 6.53. The highest BCUT2D eigenvalue weighted by Crippen LogP contribution is 2.40. The van der Waals surface area contributed by atoms with Crippen LogP contribution in [0.15, 0.2) is 18.5 Å². The fraction of sp³-hybridized carbons (Fsp3) is 0.450. The minimum atomic E-state index is 0.503. The maximum Gasteiger partial charge on any atom is 0.226 e. The Morgan fingerprint density at radius 2 is 1.81 bits per heavy atom. The van der Waals surface area contributed by atoms with Crippen LogP contribution >= 0.6 is 0 Å².